The highest BCUT2D eigenvalue weighted by Gasteiger charge is 2.08. The Hall–Kier alpha value is -2.39. The van der Waals surface area contributed by atoms with Crippen molar-refractivity contribution in [2.24, 2.45) is 0 Å². The fourth-order valence-corrected chi connectivity index (χ4v) is 2.10. The van der Waals surface area contributed by atoms with Crippen molar-refractivity contribution in [2.75, 3.05) is 0 Å². The van der Waals surface area contributed by atoms with E-state index in [1.807, 2.05) is 0 Å². The van der Waals surface area contributed by atoms with Gasteiger partial charge in [0.15, 0.2) is 11.0 Å². The van der Waals surface area contributed by atoms with E-state index in [1.165, 1.54) is 12.1 Å². The molecule has 0 aliphatic rings. The normalized spacial score (nSPS) is 10.7. The van der Waals surface area contributed by atoms with E-state index in [9.17, 15) is 9.59 Å². The molecule has 0 unspecified atom stereocenters. The summed E-state index contributed by atoms with van der Waals surface area (Å²) in [4.78, 5) is 24.0. The number of benzene rings is 1. The van der Waals surface area contributed by atoms with Crippen LogP contribution in [0.2, 0.25) is 5.02 Å². The van der Waals surface area contributed by atoms with Gasteiger partial charge >= 0.3 is 0 Å². The van der Waals surface area contributed by atoms with Crippen LogP contribution in [0.25, 0.3) is 22.3 Å². The standard InChI is InChI=1S/C16H9ClO3/c17-11-7-5-10(6-8-11)15-9-14(19)12-3-1-2-4-13(18)16(12)20-15/h1-9H. The maximum atomic E-state index is 12.1. The summed E-state index contributed by atoms with van der Waals surface area (Å²) in [5, 5.41) is 0.866. The van der Waals surface area contributed by atoms with Gasteiger partial charge in [-0.3, -0.25) is 9.59 Å². The lowest BCUT2D eigenvalue weighted by Gasteiger charge is -2.01. The van der Waals surface area contributed by atoms with Gasteiger partial charge in [0.1, 0.15) is 5.76 Å². The van der Waals surface area contributed by atoms with Crippen LogP contribution in [0.3, 0.4) is 0 Å². The van der Waals surface area contributed by atoms with Crippen LogP contribution in [0.1, 0.15) is 0 Å². The van der Waals surface area contributed by atoms with Gasteiger partial charge in [-0.1, -0.05) is 23.7 Å². The molecule has 0 atom stereocenters. The van der Waals surface area contributed by atoms with Crippen molar-refractivity contribution >= 4 is 22.6 Å². The molecule has 3 nitrogen and oxygen atoms in total. The van der Waals surface area contributed by atoms with Gasteiger partial charge in [-0.25, -0.2) is 0 Å². The number of hydrogen-bond acceptors (Lipinski definition) is 3. The van der Waals surface area contributed by atoms with Crippen molar-refractivity contribution in [3.63, 3.8) is 0 Å². The summed E-state index contributed by atoms with van der Waals surface area (Å²) >= 11 is 5.83. The number of hydrogen-bond donors (Lipinski definition) is 0. The predicted octanol–water partition coefficient (Wildman–Crippen LogP) is 3.47. The van der Waals surface area contributed by atoms with E-state index in [-0.39, 0.29) is 21.8 Å². The van der Waals surface area contributed by atoms with E-state index in [2.05, 4.69) is 0 Å². The maximum absolute atomic E-state index is 12.1. The Morgan fingerprint density at radius 2 is 1.55 bits per heavy atom. The summed E-state index contributed by atoms with van der Waals surface area (Å²) in [6.07, 6.45) is 0. The first-order chi connectivity index (χ1) is 9.65. The van der Waals surface area contributed by atoms with Gasteiger partial charge in [-0.15, -0.1) is 0 Å². The molecule has 3 rings (SSSR count). The molecule has 98 valence electrons. The Morgan fingerprint density at radius 3 is 2.30 bits per heavy atom. The molecule has 0 radical (unpaired) electrons. The molecule has 4 heteroatoms. The zero-order chi connectivity index (χ0) is 14.1. The minimum Gasteiger partial charge on any atom is -0.452 e. The molecule has 20 heavy (non-hydrogen) atoms. The van der Waals surface area contributed by atoms with E-state index in [1.54, 1.807) is 42.5 Å². The molecule has 0 aliphatic heterocycles. The van der Waals surface area contributed by atoms with Crippen LogP contribution < -0.4 is 10.9 Å². The molecule has 0 fully saturated rings. The highest BCUT2D eigenvalue weighted by atomic mass is 35.5. The lowest BCUT2D eigenvalue weighted by Crippen LogP contribution is -2.04. The molecule has 0 spiro atoms. The third-order valence-corrected chi connectivity index (χ3v) is 3.21. The van der Waals surface area contributed by atoms with Crippen molar-refractivity contribution in [3.8, 4) is 11.3 Å². The van der Waals surface area contributed by atoms with Crippen LogP contribution in [-0.2, 0) is 0 Å². The number of rotatable bonds is 1. The Labute approximate surface area is 119 Å². The van der Waals surface area contributed by atoms with Crippen LogP contribution in [0.5, 0.6) is 0 Å². The quantitative estimate of drug-likeness (QED) is 0.687. The second kappa shape index (κ2) is 4.94. The number of fused-ring (bicyclic) bond motifs is 1. The summed E-state index contributed by atoms with van der Waals surface area (Å²) in [5.74, 6) is 0.350. The molecule has 0 saturated carbocycles. The molecule has 0 bridgehead atoms. The number of halogens is 1. The highest BCUT2D eigenvalue weighted by molar-refractivity contribution is 6.30. The average molecular weight is 285 g/mol. The van der Waals surface area contributed by atoms with Gasteiger partial charge in [0.2, 0.25) is 5.43 Å². The second-order valence-corrected chi connectivity index (χ2v) is 4.74. The second-order valence-electron chi connectivity index (χ2n) is 4.31. The first-order valence-corrected chi connectivity index (χ1v) is 6.36. The fourth-order valence-electron chi connectivity index (χ4n) is 1.97. The molecule has 0 amide bonds. The third-order valence-electron chi connectivity index (χ3n) is 2.96. The summed E-state index contributed by atoms with van der Waals surface area (Å²) in [6.45, 7) is 0. The minimum absolute atomic E-state index is 0.0625. The van der Waals surface area contributed by atoms with Gasteiger partial charge < -0.3 is 4.42 Å². The summed E-state index contributed by atoms with van der Waals surface area (Å²) in [6, 6.07) is 14.4. The van der Waals surface area contributed by atoms with Gasteiger partial charge in [0.05, 0.1) is 5.39 Å². The fraction of sp³-hybridized carbons (Fsp3) is 0. The molecular formula is C16H9ClO3. The molecule has 2 aromatic carbocycles. The SMILES string of the molecule is O=c1cc(-c2ccc(Cl)cc2)oc2c(=O)ccccc12. The molecule has 0 N–H and O–H groups in total. The van der Waals surface area contributed by atoms with E-state index in [0.29, 0.717) is 16.3 Å². The van der Waals surface area contributed by atoms with E-state index >= 15 is 0 Å². The van der Waals surface area contributed by atoms with E-state index in [0.717, 1.165) is 0 Å². The average Bonchev–Trinajstić information content (AvgIpc) is 2.62. The zero-order valence-corrected chi connectivity index (χ0v) is 11.1. The smallest absolute Gasteiger partial charge is 0.221 e. The molecular weight excluding hydrogens is 276 g/mol. The van der Waals surface area contributed by atoms with E-state index < -0.39 is 0 Å². The van der Waals surface area contributed by atoms with Crippen molar-refractivity contribution in [3.05, 3.63) is 80.1 Å². The summed E-state index contributed by atoms with van der Waals surface area (Å²) < 4.78 is 5.60. The van der Waals surface area contributed by atoms with Crippen LogP contribution in [0.4, 0.5) is 0 Å². The van der Waals surface area contributed by atoms with Crippen LogP contribution in [-0.4, -0.2) is 0 Å². The van der Waals surface area contributed by atoms with E-state index in [4.69, 9.17) is 16.0 Å². The lowest BCUT2D eigenvalue weighted by atomic mass is 10.1. The Bertz CT molecular complexity index is 896. The monoisotopic (exact) mass is 284 g/mol. The van der Waals surface area contributed by atoms with Gasteiger partial charge in [-0.2, -0.15) is 0 Å². The van der Waals surface area contributed by atoms with Crippen molar-refractivity contribution < 1.29 is 4.42 Å². The van der Waals surface area contributed by atoms with Crippen molar-refractivity contribution in [1.82, 2.24) is 0 Å². The molecule has 1 heterocycles. The Balaban J connectivity index is 2.35. The van der Waals surface area contributed by atoms with Gasteiger partial charge in [0.25, 0.3) is 0 Å². The van der Waals surface area contributed by atoms with Crippen molar-refractivity contribution in [2.45, 2.75) is 0 Å². The zero-order valence-electron chi connectivity index (χ0n) is 10.3. The maximum Gasteiger partial charge on any atom is 0.221 e. The first-order valence-electron chi connectivity index (χ1n) is 5.98. The highest BCUT2D eigenvalue weighted by Crippen LogP contribution is 2.22. The van der Waals surface area contributed by atoms with Gasteiger partial charge in [0, 0.05) is 16.7 Å². The summed E-state index contributed by atoms with van der Waals surface area (Å²) in [7, 11) is 0. The van der Waals surface area contributed by atoms with Gasteiger partial charge in [-0.05, 0) is 36.4 Å². The minimum atomic E-state index is -0.321. The molecule has 0 saturated heterocycles. The molecule has 0 aliphatic carbocycles. The third kappa shape index (κ3) is 2.24. The van der Waals surface area contributed by atoms with Crippen LogP contribution in [0, 0.1) is 0 Å². The van der Waals surface area contributed by atoms with Crippen LogP contribution >= 0.6 is 11.6 Å². The Kier molecular flexibility index (Phi) is 3.12. The lowest BCUT2D eigenvalue weighted by molar-refractivity contribution is 0.616. The molecule has 3 aromatic rings. The molecule has 1 aromatic heterocycles. The van der Waals surface area contributed by atoms with Crippen molar-refractivity contribution in [1.29, 1.82) is 0 Å². The first kappa shape index (κ1) is 12.6. The van der Waals surface area contributed by atoms with Crippen LogP contribution in [0.15, 0.2) is 68.6 Å². The predicted molar refractivity (Wildman–Crippen MR) is 79.2 cm³/mol. The largest absolute Gasteiger partial charge is 0.452 e. The Morgan fingerprint density at radius 1 is 0.850 bits per heavy atom. The topological polar surface area (TPSA) is 47.3 Å². The summed E-state index contributed by atoms with van der Waals surface area (Å²) in [5.41, 5.74) is 0.189.